The molecule has 2 N–H and O–H groups in total. The van der Waals surface area contributed by atoms with Crippen molar-refractivity contribution in [3.05, 3.63) is 53.3 Å². The Kier molecular flexibility index (Phi) is 2.72. The number of hydrogen-bond donors (Lipinski definition) is 1. The third-order valence-electron chi connectivity index (χ3n) is 2.36. The van der Waals surface area contributed by atoms with E-state index in [4.69, 9.17) is 5.73 Å². The smallest absolute Gasteiger partial charge is 0.248 e. The van der Waals surface area contributed by atoms with E-state index in [1.807, 2.05) is 36.0 Å². The lowest BCUT2D eigenvalue weighted by molar-refractivity contribution is 0.100. The molecule has 0 aliphatic carbocycles. The van der Waals surface area contributed by atoms with Crippen LogP contribution in [0.15, 0.2) is 36.5 Å². The van der Waals surface area contributed by atoms with Gasteiger partial charge in [-0.2, -0.15) is 5.10 Å². The lowest BCUT2D eigenvalue weighted by Gasteiger charge is -2.02. The molecule has 16 heavy (non-hydrogen) atoms. The van der Waals surface area contributed by atoms with Gasteiger partial charge in [-0.15, -0.1) is 0 Å². The van der Waals surface area contributed by atoms with E-state index in [1.54, 1.807) is 12.1 Å². The second-order valence-electron chi connectivity index (χ2n) is 3.72. The Morgan fingerprint density at radius 3 is 2.50 bits per heavy atom. The Morgan fingerprint density at radius 1 is 1.31 bits per heavy atom. The maximum absolute atomic E-state index is 10.9. The maximum Gasteiger partial charge on any atom is 0.248 e. The molecule has 0 bridgehead atoms. The average Bonchev–Trinajstić information content (AvgIpc) is 2.65. The second-order valence-corrected chi connectivity index (χ2v) is 3.72. The van der Waals surface area contributed by atoms with E-state index >= 15 is 0 Å². The number of aromatic nitrogens is 2. The molecule has 0 fully saturated rings. The van der Waals surface area contributed by atoms with E-state index in [2.05, 4.69) is 5.10 Å². The fraction of sp³-hybridized carbons (Fsp3) is 0.167. The van der Waals surface area contributed by atoms with Gasteiger partial charge in [0.15, 0.2) is 0 Å². The third-order valence-corrected chi connectivity index (χ3v) is 2.36. The molecule has 4 nitrogen and oxygen atoms in total. The zero-order valence-electron chi connectivity index (χ0n) is 9.05. The van der Waals surface area contributed by atoms with Crippen LogP contribution in [0.2, 0.25) is 0 Å². The van der Waals surface area contributed by atoms with Gasteiger partial charge in [0.05, 0.1) is 12.2 Å². The van der Waals surface area contributed by atoms with Crippen LogP contribution in [0.4, 0.5) is 0 Å². The number of amides is 1. The quantitative estimate of drug-likeness (QED) is 0.839. The summed E-state index contributed by atoms with van der Waals surface area (Å²) in [6.45, 7) is 2.65. The zero-order valence-corrected chi connectivity index (χ0v) is 9.05. The molecule has 1 aromatic carbocycles. The first-order valence-corrected chi connectivity index (χ1v) is 5.04. The summed E-state index contributed by atoms with van der Waals surface area (Å²) in [5.74, 6) is -0.401. The first-order chi connectivity index (χ1) is 7.65. The summed E-state index contributed by atoms with van der Waals surface area (Å²) < 4.78 is 1.86. The standard InChI is InChI=1S/C12H13N3O/c1-9-6-7-15(14-9)8-10-2-4-11(5-3-10)12(13)16/h2-7H,8H2,1H3,(H2,13,16). The first-order valence-electron chi connectivity index (χ1n) is 5.04. The number of hydrogen-bond acceptors (Lipinski definition) is 2. The second kappa shape index (κ2) is 4.18. The molecule has 2 rings (SSSR count). The highest BCUT2D eigenvalue weighted by molar-refractivity contribution is 5.92. The summed E-state index contributed by atoms with van der Waals surface area (Å²) in [4.78, 5) is 10.9. The Hall–Kier alpha value is -2.10. The molecule has 0 spiro atoms. The molecule has 2 aromatic rings. The van der Waals surface area contributed by atoms with Gasteiger partial charge in [0.25, 0.3) is 0 Å². The lowest BCUT2D eigenvalue weighted by atomic mass is 10.1. The van der Waals surface area contributed by atoms with Gasteiger partial charge < -0.3 is 5.73 Å². The van der Waals surface area contributed by atoms with Gasteiger partial charge in [-0.1, -0.05) is 12.1 Å². The van der Waals surface area contributed by atoms with Gasteiger partial charge in [-0.25, -0.2) is 0 Å². The van der Waals surface area contributed by atoms with E-state index in [9.17, 15) is 4.79 Å². The topological polar surface area (TPSA) is 60.9 Å². The Morgan fingerprint density at radius 2 is 2.00 bits per heavy atom. The Balaban J connectivity index is 2.14. The van der Waals surface area contributed by atoms with E-state index in [-0.39, 0.29) is 0 Å². The number of aryl methyl sites for hydroxylation is 1. The molecule has 1 amide bonds. The van der Waals surface area contributed by atoms with Crippen molar-refractivity contribution in [3.63, 3.8) is 0 Å². The van der Waals surface area contributed by atoms with E-state index in [0.717, 1.165) is 11.3 Å². The number of nitrogens with two attached hydrogens (primary N) is 1. The molecule has 0 saturated carbocycles. The number of nitrogens with zero attached hydrogens (tertiary/aromatic N) is 2. The minimum absolute atomic E-state index is 0.401. The van der Waals surface area contributed by atoms with Gasteiger partial charge in [-0.3, -0.25) is 9.48 Å². The summed E-state index contributed by atoms with van der Waals surface area (Å²) in [7, 11) is 0. The molecule has 1 aromatic heterocycles. The molecule has 4 heteroatoms. The van der Waals surface area contributed by atoms with Gasteiger partial charge in [0.2, 0.25) is 5.91 Å². The van der Waals surface area contributed by atoms with Crippen LogP contribution in [0, 0.1) is 6.92 Å². The number of carbonyl (C=O) groups excluding carboxylic acids is 1. The summed E-state index contributed by atoms with van der Waals surface area (Å²) in [6.07, 6.45) is 1.93. The van der Waals surface area contributed by atoms with E-state index in [0.29, 0.717) is 12.1 Å². The van der Waals surface area contributed by atoms with Crippen LogP contribution in [0.1, 0.15) is 21.6 Å². The monoisotopic (exact) mass is 215 g/mol. The molecule has 0 aliphatic heterocycles. The van der Waals surface area contributed by atoms with Crippen molar-refractivity contribution in [3.8, 4) is 0 Å². The maximum atomic E-state index is 10.9. The van der Waals surface area contributed by atoms with Crippen molar-refractivity contribution in [2.75, 3.05) is 0 Å². The van der Waals surface area contributed by atoms with Crippen molar-refractivity contribution < 1.29 is 4.79 Å². The van der Waals surface area contributed by atoms with Crippen LogP contribution in [0.5, 0.6) is 0 Å². The number of benzene rings is 1. The van der Waals surface area contributed by atoms with Gasteiger partial charge in [0, 0.05) is 11.8 Å². The molecular formula is C12H13N3O. The predicted molar refractivity (Wildman–Crippen MR) is 61.0 cm³/mol. The normalized spacial score (nSPS) is 10.3. The van der Waals surface area contributed by atoms with E-state index in [1.165, 1.54) is 0 Å². The van der Waals surface area contributed by atoms with Crippen molar-refractivity contribution >= 4 is 5.91 Å². The summed E-state index contributed by atoms with van der Waals surface area (Å²) in [5, 5.41) is 4.29. The van der Waals surface area contributed by atoms with Gasteiger partial charge in [0.1, 0.15) is 0 Å². The minimum Gasteiger partial charge on any atom is -0.366 e. The molecule has 0 radical (unpaired) electrons. The van der Waals surface area contributed by atoms with Gasteiger partial charge >= 0.3 is 0 Å². The predicted octanol–water partition coefficient (Wildman–Crippen LogP) is 1.34. The fourth-order valence-corrected chi connectivity index (χ4v) is 1.51. The molecule has 1 heterocycles. The summed E-state index contributed by atoms with van der Waals surface area (Å²) in [5.41, 5.74) is 7.78. The lowest BCUT2D eigenvalue weighted by Crippen LogP contribution is -2.10. The van der Waals surface area contributed by atoms with Gasteiger partial charge in [-0.05, 0) is 30.7 Å². The zero-order chi connectivity index (χ0) is 11.5. The van der Waals surface area contributed by atoms with Crippen LogP contribution in [0.25, 0.3) is 0 Å². The van der Waals surface area contributed by atoms with Crippen molar-refractivity contribution in [1.29, 1.82) is 0 Å². The molecule has 0 saturated heterocycles. The van der Waals surface area contributed by atoms with E-state index < -0.39 is 5.91 Å². The van der Waals surface area contributed by atoms with Crippen LogP contribution in [0.3, 0.4) is 0 Å². The highest BCUT2D eigenvalue weighted by Crippen LogP contribution is 2.06. The number of primary amides is 1. The molecule has 0 aliphatic rings. The van der Waals surface area contributed by atoms with Crippen LogP contribution < -0.4 is 5.73 Å². The molecule has 82 valence electrons. The average molecular weight is 215 g/mol. The molecular weight excluding hydrogens is 202 g/mol. The van der Waals surface area contributed by atoms with Crippen LogP contribution >= 0.6 is 0 Å². The number of carbonyl (C=O) groups is 1. The first kappa shape index (κ1) is 10.4. The van der Waals surface area contributed by atoms with Crippen LogP contribution in [-0.4, -0.2) is 15.7 Å². The van der Waals surface area contributed by atoms with Crippen molar-refractivity contribution in [1.82, 2.24) is 9.78 Å². The molecule has 0 unspecified atom stereocenters. The highest BCUT2D eigenvalue weighted by Gasteiger charge is 2.00. The SMILES string of the molecule is Cc1ccn(Cc2ccc(C(N)=O)cc2)n1. The summed E-state index contributed by atoms with van der Waals surface area (Å²) in [6, 6.07) is 9.19. The minimum atomic E-state index is -0.401. The van der Waals surface area contributed by atoms with Crippen molar-refractivity contribution in [2.45, 2.75) is 13.5 Å². The largest absolute Gasteiger partial charge is 0.366 e. The van der Waals surface area contributed by atoms with Crippen LogP contribution in [-0.2, 0) is 6.54 Å². The third kappa shape index (κ3) is 2.28. The Bertz CT molecular complexity index is 499. The molecule has 0 atom stereocenters. The highest BCUT2D eigenvalue weighted by atomic mass is 16.1. The van der Waals surface area contributed by atoms with Crippen molar-refractivity contribution in [2.24, 2.45) is 5.73 Å². The summed E-state index contributed by atoms with van der Waals surface area (Å²) >= 11 is 0. The fourth-order valence-electron chi connectivity index (χ4n) is 1.51. The Labute approximate surface area is 93.7 Å². The number of rotatable bonds is 3.